The highest BCUT2D eigenvalue weighted by molar-refractivity contribution is 5.78. The van der Waals surface area contributed by atoms with Crippen LogP contribution in [0.15, 0.2) is 0 Å². The number of nitrogens with one attached hydrogen (secondary N) is 1. The van der Waals surface area contributed by atoms with E-state index in [9.17, 15) is 22.8 Å². The molecule has 2 unspecified atom stereocenters. The number of amides is 2. The van der Waals surface area contributed by atoms with Crippen molar-refractivity contribution in [3.05, 3.63) is 0 Å². The van der Waals surface area contributed by atoms with Gasteiger partial charge in [0.15, 0.2) is 0 Å². The average Bonchev–Trinajstić information content (AvgIpc) is 3.00. The molecule has 0 aromatic carbocycles. The number of hydrogen-bond donors (Lipinski definition) is 2. The van der Waals surface area contributed by atoms with E-state index in [1.165, 1.54) is 0 Å². The molecule has 1 saturated carbocycles. The van der Waals surface area contributed by atoms with E-state index in [1.54, 1.807) is 6.92 Å². The second kappa shape index (κ2) is 5.36. The van der Waals surface area contributed by atoms with Gasteiger partial charge >= 0.3 is 18.2 Å². The molecule has 1 aliphatic carbocycles. The van der Waals surface area contributed by atoms with Crippen LogP contribution in [0.5, 0.6) is 0 Å². The van der Waals surface area contributed by atoms with Gasteiger partial charge in [-0.15, -0.1) is 0 Å². The standard InChI is InChI=1S/C12H17F3N2O4/c1-2-17(8-6-21-5-7(8)9(18)19)10(20)16-11(3-4-11)12(13,14)15/h7-8H,2-6H2,1H3,(H,16,20)(H,18,19). The quantitative estimate of drug-likeness (QED) is 0.818. The van der Waals surface area contributed by atoms with Gasteiger partial charge < -0.3 is 20.1 Å². The van der Waals surface area contributed by atoms with Crippen LogP contribution in [0.3, 0.4) is 0 Å². The van der Waals surface area contributed by atoms with Gasteiger partial charge in [0.05, 0.1) is 19.3 Å². The molecule has 6 nitrogen and oxygen atoms in total. The van der Waals surface area contributed by atoms with Crippen molar-refractivity contribution < 1.29 is 32.6 Å². The number of rotatable bonds is 4. The molecule has 0 aromatic heterocycles. The first-order valence-electron chi connectivity index (χ1n) is 6.68. The molecular weight excluding hydrogens is 293 g/mol. The average molecular weight is 310 g/mol. The first-order valence-corrected chi connectivity index (χ1v) is 6.68. The monoisotopic (exact) mass is 310 g/mol. The van der Waals surface area contributed by atoms with E-state index in [2.05, 4.69) is 0 Å². The van der Waals surface area contributed by atoms with Crippen LogP contribution in [0, 0.1) is 5.92 Å². The molecule has 2 fully saturated rings. The van der Waals surface area contributed by atoms with Gasteiger partial charge in [-0.2, -0.15) is 13.2 Å². The van der Waals surface area contributed by atoms with E-state index in [0.717, 1.165) is 4.90 Å². The maximum Gasteiger partial charge on any atom is 0.411 e. The summed E-state index contributed by atoms with van der Waals surface area (Å²) in [4.78, 5) is 24.3. The van der Waals surface area contributed by atoms with Crippen molar-refractivity contribution >= 4 is 12.0 Å². The molecule has 0 spiro atoms. The minimum absolute atomic E-state index is 0.0112. The Hall–Kier alpha value is -1.51. The van der Waals surface area contributed by atoms with Crippen LogP contribution in [0.4, 0.5) is 18.0 Å². The van der Waals surface area contributed by atoms with Crippen molar-refractivity contribution in [2.24, 2.45) is 5.92 Å². The Kier molecular flexibility index (Phi) is 4.05. The Morgan fingerprint density at radius 3 is 2.43 bits per heavy atom. The molecule has 0 aromatic rings. The van der Waals surface area contributed by atoms with E-state index in [-0.39, 0.29) is 32.6 Å². The van der Waals surface area contributed by atoms with Gasteiger partial charge in [0.1, 0.15) is 11.5 Å². The third-order valence-electron chi connectivity index (χ3n) is 4.01. The second-order valence-corrected chi connectivity index (χ2v) is 5.35. The normalized spacial score (nSPS) is 27.2. The van der Waals surface area contributed by atoms with E-state index < -0.39 is 35.7 Å². The zero-order valence-electron chi connectivity index (χ0n) is 11.4. The van der Waals surface area contributed by atoms with Gasteiger partial charge in [-0.3, -0.25) is 4.79 Å². The van der Waals surface area contributed by atoms with Crippen LogP contribution in [0.1, 0.15) is 19.8 Å². The number of hydrogen-bond acceptors (Lipinski definition) is 3. The van der Waals surface area contributed by atoms with Crippen LogP contribution in [-0.2, 0) is 9.53 Å². The summed E-state index contributed by atoms with van der Waals surface area (Å²) in [5.41, 5.74) is -2.16. The Morgan fingerprint density at radius 1 is 1.38 bits per heavy atom. The van der Waals surface area contributed by atoms with E-state index in [4.69, 9.17) is 9.84 Å². The molecular formula is C12H17F3N2O4. The van der Waals surface area contributed by atoms with Crippen LogP contribution in [0.25, 0.3) is 0 Å². The molecule has 1 heterocycles. The van der Waals surface area contributed by atoms with Crippen molar-refractivity contribution in [3.63, 3.8) is 0 Å². The number of carbonyl (C=O) groups is 2. The molecule has 21 heavy (non-hydrogen) atoms. The molecule has 0 bridgehead atoms. The number of nitrogens with zero attached hydrogens (tertiary/aromatic N) is 1. The largest absolute Gasteiger partial charge is 0.481 e. The van der Waals surface area contributed by atoms with Gasteiger partial charge in [0.25, 0.3) is 0 Å². The Balaban J connectivity index is 2.08. The lowest BCUT2D eigenvalue weighted by Crippen LogP contribution is -2.56. The lowest BCUT2D eigenvalue weighted by Gasteiger charge is -2.32. The Labute approximate surface area is 119 Å². The zero-order valence-corrected chi connectivity index (χ0v) is 11.4. The maximum absolute atomic E-state index is 12.9. The predicted molar refractivity (Wildman–Crippen MR) is 64.7 cm³/mol. The van der Waals surface area contributed by atoms with E-state index in [1.807, 2.05) is 5.32 Å². The summed E-state index contributed by atoms with van der Waals surface area (Å²) in [6, 6.07) is -1.65. The maximum atomic E-state index is 12.9. The van der Waals surface area contributed by atoms with Crippen LogP contribution < -0.4 is 5.32 Å². The number of carbonyl (C=O) groups excluding carboxylic acids is 1. The molecule has 2 rings (SSSR count). The summed E-state index contributed by atoms with van der Waals surface area (Å²) in [6.07, 6.45) is -4.80. The van der Waals surface area contributed by atoms with Crippen LogP contribution in [-0.4, -0.2) is 59.5 Å². The third-order valence-corrected chi connectivity index (χ3v) is 4.01. The summed E-state index contributed by atoms with van der Waals surface area (Å²) in [5, 5.41) is 11.1. The van der Waals surface area contributed by atoms with E-state index >= 15 is 0 Å². The molecule has 0 radical (unpaired) electrons. The molecule has 2 aliphatic rings. The highest BCUT2D eigenvalue weighted by Crippen LogP contribution is 2.49. The summed E-state index contributed by atoms with van der Waals surface area (Å²) in [7, 11) is 0. The lowest BCUT2D eigenvalue weighted by atomic mass is 10.0. The van der Waals surface area contributed by atoms with Crippen LogP contribution >= 0.6 is 0 Å². The fourth-order valence-electron chi connectivity index (χ4n) is 2.50. The number of urea groups is 1. The number of alkyl halides is 3. The number of carboxylic acids is 1. The van der Waals surface area contributed by atoms with Crippen molar-refractivity contribution in [2.45, 2.75) is 37.5 Å². The number of ether oxygens (including phenoxy) is 1. The van der Waals surface area contributed by atoms with Crippen LogP contribution in [0.2, 0.25) is 0 Å². The molecule has 120 valence electrons. The molecule has 2 atom stereocenters. The molecule has 9 heteroatoms. The van der Waals surface area contributed by atoms with Gasteiger partial charge in [-0.1, -0.05) is 0 Å². The van der Waals surface area contributed by atoms with Crippen molar-refractivity contribution in [1.82, 2.24) is 10.2 Å². The lowest BCUT2D eigenvalue weighted by molar-refractivity contribution is -0.163. The van der Waals surface area contributed by atoms with Crippen molar-refractivity contribution in [2.75, 3.05) is 19.8 Å². The summed E-state index contributed by atoms with van der Waals surface area (Å²) >= 11 is 0. The Bertz CT molecular complexity index is 437. The van der Waals surface area contributed by atoms with Gasteiger partial charge in [-0.25, -0.2) is 4.79 Å². The topological polar surface area (TPSA) is 78.9 Å². The smallest absolute Gasteiger partial charge is 0.411 e. The molecule has 2 amide bonds. The fourth-order valence-corrected chi connectivity index (χ4v) is 2.50. The second-order valence-electron chi connectivity index (χ2n) is 5.35. The third kappa shape index (κ3) is 2.92. The SMILES string of the molecule is CCN(C(=O)NC1(C(F)(F)F)CC1)C1COCC1C(=O)O. The first-order chi connectivity index (χ1) is 9.72. The summed E-state index contributed by atoms with van der Waals surface area (Å²) < 4.78 is 43.6. The first kappa shape index (κ1) is 15.9. The minimum Gasteiger partial charge on any atom is -0.481 e. The number of carboxylic acid groups (broad SMARTS) is 1. The zero-order chi connectivity index (χ0) is 15.8. The molecule has 2 N–H and O–H groups in total. The number of halogens is 3. The van der Waals surface area contributed by atoms with E-state index in [0.29, 0.717) is 0 Å². The highest BCUT2D eigenvalue weighted by atomic mass is 19.4. The Morgan fingerprint density at radius 2 is 2.00 bits per heavy atom. The molecule has 1 saturated heterocycles. The van der Waals surface area contributed by atoms with Gasteiger partial charge in [-0.05, 0) is 19.8 Å². The predicted octanol–water partition coefficient (Wildman–Crippen LogP) is 1.21. The summed E-state index contributed by atoms with van der Waals surface area (Å²) in [5.74, 6) is -2.04. The minimum atomic E-state index is -4.50. The highest BCUT2D eigenvalue weighted by Gasteiger charge is 2.64. The van der Waals surface area contributed by atoms with Crippen molar-refractivity contribution in [1.29, 1.82) is 0 Å². The molecule has 1 aliphatic heterocycles. The van der Waals surface area contributed by atoms with Crippen molar-refractivity contribution in [3.8, 4) is 0 Å². The number of aliphatic carboxylic acids is 1. The number of likely N-dealkylation sites (N-methyl/N-ethyl adjacent to an activating group) is 1. The summed E-state index contributed by atoms with van der Waals surface area (Å²) in [6.45, 7) is 1.66. The van der Waals surface area contributed by atoms with Gasteiger partial charge in [0.2, 0.25) is 0 Å². The van der Waals surface area contributed by atoms with Gasteiger partial charge in [0, 0.05) is 6.54 Å². The fraction of sp³-hybridized carbons (Fsp3) is 0.833.